The van der Waals surface area contributed by atoms with Crippen LogP contribution in [0.25, 0.3) is 0 Å². The number of anilines is 2. The molecule has 1 aromatic heterocycles. The molecule has 2 N–H and O–H groups in total. The number of hydrogen-bond acceptors (Lipinski definition) is 3. The van der Waals surface area contributed by atoms with E-state index in [-0.39, 0.29) is 0 Å². The summed E-state index contributed by atoms with van der Waals surface area (Å²) in [6.45, 7) is 9.17. The highest BCUT2D eigenvalue weighted by molar-refractivity contribution is 5.50. The van der Waals surface area contributed by atoms with Crippen LogP contribution in [0.3, 0.4) is 0 Å². The minimum atomic E-state index is 0.414. The third-order valence-corrected chi connectivity index (χ3v) is 3.24. The summed E-state index contributed by atoms with van der Waals surface area (Å²) in [5, 5.41) is 0. The topological polar surface area (TPSA) is 42.1 Å². The number of hydrogen-bond donors (Lipinski definition) is 1. The normalized spacial score (nSPS) is 17.7. The molecule has 1 saturated heterocycles. The van der Waals surface area contributed by atoms with E-state index in [1.54, 1.807) is 0 Å². The molecule has 0 bridgehead atoms. The maximum atomic E-state index is 5.55. The molecule has 0 aliphatic carbocycles. The summed E-state index contributed by atoms with van der Waals surface area (Å²) in [4.78, 5) is 6.45. The number of nitrogen functional groups attached to an aromatic ring is 1. The molecule has 1 aliphatic heterocycles. The van der Waals surface area contributed by atoms with Crippen molar-refractivity contribution < 1.29 is 0 Å². The van der Waals surface area contributed by atoms with Crippen molar-refractivity contribution in [2.24, 2.45) is 11.3 Å². The number of rotatable bonds is 1. The minimum Gasteiger partial charge on any atom is -0.384 e. The van der Waals surface area contributed by atoms with E-state index in [0.717, 1.165) is 19.0 Å². The quantitative estimate of drug-likeness (QED) is 0.763. The Balaban J connectivity index is 1.98. The van der Waals surface area contributed by atoms with Crippen LogP contribution in [-0.4, -0.2) is 18.1 Å². The van der Waals surface area contributed by atoms with E-state index in [1.807, 2.05) is 18.3 Å². The molecule has 82 valence electrons. The second-order valence-corrected chi connectivity index (χ2v) is 5.41. The van der Waals surface area contributed by atoms with Crippen molar-refractivity contribution in [3.8, 4) is 0 Å². The van der Waals surface area contributed by atoms with Gasteiger partial charge in [-0.05, 0) is 23.5 Å². The third-order valence-electron chi connectivity index (χ3n) is 3.24. The standard InChI is InChI=1S/C12H19N3/c1-12(2,3)9-7-15(8-9)10-4-5-11(13)14-6-10/h4-6,9H,7-8H2,1-3H3,(H2,13,14). The highest BCUT2D eigenvalue weighted by atomic mass is 15.2. The number of nitrogens with two attached hydrogens (primary N) is 1. The summed E-state index contributed by atoms with van der Waals surface area (Å²) in [6.07, 6.45) is 1.86. The molecule has 0 amide bonds. The van der Waals surface area contributed by atoms with Crippen molar-refractivity contribution in [2.45, 2.75) is 20.8 Å². The smallest absolute Gasteiger partial charge is 0.123 e. The molecule has 1 fully saturated rings. The van der Waals surface area contributed by atoms with Crippen LogP contribution in [0.1, 0.15) is 20.8 Å². The van der Waals surface area contributed by atoms with E-state index in [2.05, 4.69) is 30.7 Å². The van der Waals surface area contributed by atoms with Gasteiger partial charge in [0.2, 0.25) is 0 Å². The van der Waals surface area contributed by atoms with Crippen LogP contribution in [-0.2, 0) is 0 Å². The molecular weight excluding hydrogens is 186 g/mol. The average molecular weight is 205 g/mol. The van der Waals surface area contributed by atoms with Gasteiger partial charge in [-0.3, -0.25) is 0 Å². The van der Waals surface area contributed by atoms with Crippen molar-refractivity contribution in [2.75, 3.05) is 23.7 Å². The van der Waals surface area contributed by atoms with Gasteiger partial charge >= 0.3 is 0 Å². The summed E-state index contributed by atoms with van der Waals surface area (Å²) in [5.74, 6) is 1.38. The van der Waals surface area contributed by atoms with Crippen LogP contribution in [0.5, 0.6) is 0 Å². The fraction of sp³-hybridized carbons (Fsp3) is 0.583. The molecule has 0 spiro atoms. The van der Waals surface area contributed by atoms with Gasteiger partial charge < -0.3 is 10.6 Å². The Labute approximate surface area is 91.3 Å². The van der Waals surface area contributed by atoms with Gasteiger partial charge in [0, 0.05) is 13.1 Å². The zero-order valence-electron chi connectivity index (χ0n) is 9.70. The average Bonchev–Trinajstić information content (AvgIpc) is 2.03. The van der Waals surface area contributed by atoms with Crippen molar-refractivity contribution in [3.05, 3.63) is 18.3 Å². The summed E-state index contributed by atoms with van der Waals surface area (Å²) in [5.41, 5.74) is 7.15. The van der Waals surface area contributed by atoms with Gasteiger partial charge in [0.15, 0.2) is 0 Å². The van der Waals surface area contributed by atoms with Crippen LogP contribution in [0, 0.1) is 11.3 Å². The third kappa shape index (κ3) is 2.06. The lowest BCUT2D eigenvalue weighted by atomic mass is 9.76. The molecule has 15 heavy (non-hydrogen) atoms. The fourth-order valence-corrected chi connectivity index (χ4v) is 1.82. The molecule has 2 heterocycles. The number of aromatic nitrogens is 1. The van der Waals surface area contributed by atoms with Crippen LogP contribution < -0.4 is 10.6 Å². The Bertz CT molecular complexity index is 331. The highest BCUT2D eigenvalue weighted by Gasteiger charge is 2.35. The van der Waals surface area contributed by atoms with E-state index < -0.39 is 0 Å². The zero-order valence-corrected chi connectivity index (χ0v) is 9.70. The molecule has 0 unspecified atom stereocenters. The minimum absolute atomic E-state index is 0.414. The molecule has 0 aromatic carbocycles. The molecule has 0 radical (unpaired) electrons. The Hall–Kier alpha value is -1.25. The van der Waals surface area contributed by atoms with Crippen molar-refractivity contribution in [1.82, 2.24) is 4.98 Å². The molecule has 3 nitrogen and oxygen atoms in total. The first kappa shape index (κ1) is 10.3. The van der Waals surface area contributed by atoms with Gasteiger partial charge in [-0.2, -0.15) is 0 Å². The van der Waals surface area contributed by atoms with Crippen LogP contribution in [0.2, 0.25) is 0 Å². The molecule has 2 rings (SSSR count). The molecule has 1 aromatic rings. The number of nitrogens with zero attached hydrogens (tertiary/aromatic N) is 2. The molecule has 1 aliphatic rings. The summed E-state index contributed by atoms with van der Waals surface area (Å²) < 4.78 is 0. The fourth-order valence-electron chi connectivity index (χ4n) is 1.82. The highest BCUT2D eigenvalue weighted by Crippen LogP contribution is 2.35. The first-order valence-electron chi connectivity index (χ1n) is 5.43. The van der Waals surface area contributed by atoms with E-state index in [9.17, 15) is 0 Å². The van der Waals surface area contributed by atoms with Crippen LogP contribution in [0.4, 0.5) is 11.5 Å². The summed E-state index contributed by atoms with van der Waals surface area (Å²) in [7, 11) is 0. The largest absolute Gasteiger partial charge is 0.384 e. The second-order valence-electron chi connectivity index (χ2n) is 5.41. The maximum Gasteiger partial charge on any atom is 0.123 e. The van der Waals surface area contributed by atoms with Gasteiger partial charge in [-0.15, -0.1) is 0 Å². The lowest BCUT2D eigenvalue weighted by Crippen LogP contribution is -2.52. The predicted molar refractivity (Wildman–Crippen MR) is 63.8 cm³/mol. The van der Waals surface area contributed by atoms with Gasteiger partial charge in [-0.25, -0.2) is 4.98 Å². The van der Waals surface area contributed by atoms with E-state index in [4.69, 9.17) is 5.73 Å². The predicted octanol–water partition coefficient (Wildman–Crippen LogP) is 2.15. The Morgan fingerprint density at radius 1 is 1.33 bits per heavy atom. The lowest BCUT2D eigenvalue weighted by molar-refractivity contribution is 0.195. The van der Waals surface area contributed by atoms with E-state index in [0.29, 0.717) is 11.2 Å². The Morgan fingerprint density at radius 3 is 2.47 bits per heavy atom. The van der Waals surface area contributed by atoms with Crippen LogP contribution >= 0.6 is 0 Å². The lowest BCUT2D eigenvalue weighted by Gasteiger charge is -2.47. The van der Waals surface area contributed by atoms with Crippen LogP contribution in [0.15, 0.2) is 18.3 Å². The van der Waals surface area contributed by atoms with Gasteiger partial charge in [0.25, 0.3) is 0 Å². The van der Waals surface area contributed by atoms with E-state index >= 15 is 0 Å². The maximum absolute atomic E-state index is 5.55. The Morgan fingerprint density at radius 2 is 2.00 bits per heavy atom. The summed E-state index contributed by atoms with van der Waals surface area (Å²) in [6, 6.07) is 3.90. The van der Waals surface area contributed by atoms with Crippen molar-refractivity contribution in [1.29, 1.82) is 0 Å². The zero-order chi connectivity index (χ0) is 11.1. The first-order valence-corrected chi connectivity index (χ1v) is 5.43. The van der Waals surface area contributed by atoms with Gasteiger partial charge in [0.05, 0.1) is 11.9 Å². The van der Waals surface area contributed by atoms with Crippen molar-refractivity contribution in [3.63, 3.8) is 0 Å². The van der Waals surface area contributed by atoms with Gasteiger partial charge in [0.1, 0.15) is 5.82 Å². The monoisotopic (exact) mass is 205 g/mol. The SMILES string of the molecule is CC(C)(C)C1CN(c2ccc(N)nc2)C1. The van der Waals surface area contributed by atoms with Crippen molar-refractivity contribution >= 4 is 11.5 Å². The number of pyridine rings is 1. The summed E-state index contributed by atoms with van der Waals surface area (Å²) >= 11 is 0. The molecule has 0 saturated carbocycles. The molecular formula is C12H19N3. The van der Waals surface area contributed by atoms with Gasteiger partial charge in [-0.1, -0.05) is 20.8 Å². The Kier molecular flexibility index (Phi) is 2.33. The molecule has 3 heteroatoms. The molecule has 0 atom stereocenters. The second kappa shape index (κ2) is 3.40. The first-order chi connectivity index (χ1) is 6.97. The van der Waals surface area contributed by atoms with E-state index in [1.165, 1.54) is 5.69 Å².